The Morgan fingerprint density at radius 1 is 1.03 bits per heavy atom. The number of rotatable bonds is 7. The van der Waals surface area contributed by atoms with Crippen molar-refractivity contribution in [3.8, 4) is 0 Å². The number of nitrogens with zero attached hydrogens (tertiary/aromatic N) is 6. The molecule has 0 spiro atoms. The predicted octanol–water partition coefficient (Wildman–Crippen LogP) is 3.96. The minimum absolute atomic E-state index is 0.160. The molecule has 0 bridgehead atoms. The van der Waals surface area contributed by atoms with Crippen molar-refractivity contribution in [1.82, 2.24) is 24.4 Å². The molecule has 0 saturated carbocycles. The number of anilines is 3. The summed E-state index contributed by atoms with van der Waals surface area (Å²) in [6, 6.07) is 15.8. The van der Waals surface area contributed by atoms with Gasteiger partial charge in [0.25, 0.3) is 0 Å². The summed E-state index contributed by atoms with van der Waals surface area (Å²) in [5.74, 6) is 0.952. The van der Waals surface area contributed by atoms with Crippen LogP contribution >= 0.6 is 0 Å². The maximum atomic E-state index is 13.2. The van der Waals surface area contributed by atoms with E-state index in [9.17, 15) is 9.18 Å². The van der Waals surface area contributed by atoms with Crippen molar-refractivity contribution in [2.75, 3.05) is 54.9 Å². The van der Waals surface area contributed by atoms with Gasteiger partial charge in [-0.25, -0.2) is 14.2 Å². The van der Waals surface area contributed by atoms with E-state index >= 15 is 0 Å². The number of amides is 2. The number of fused-ring (bicyclic) bond motifs is 1. The minimum Gasteiger partial charge on any atom is -0.376 e. The molecule has 2 aliphatic heterocycles. The smallest absolute Gasteiger partial charge is 0.321 e. The summed E-state index contributed by atoms with van der Waals surface area (Å²) in [5.41, 5.74) is 3.21. The van der Waals surface area contributed by atoms with E-state index in [0.29, 0.717) is 56.7 Å². The number of benzene rings is 2. The summed E-state index contributed by atoms with van der Waals surface area (Å²) in [5, 5.41) is 6.30. The first-order valence-corrected chi connectivity index (χ1v) is 13.3. The van der Waals surface area contributed by atoms with Gasteiger partial charge < -0.3 is 29.7 Å². The molecular formula is C28H31FN8O2. The summed E-state index contributed by atoms with van der Waals surface area (Å²) in [6.07, 6.45) is 4.07. The molecule has 2 aromatic carbocycles. The molecule has 4 aromatic rings. The number of hydrogen-bond acceptors (Lipinski definition) is 7. The molecule has 2 aliphatic rings. The van der Waals surface area contributed by atoms with Gasteiger partial charge in [0.2, 0.25) is 5.95 Å². The minimum atomic E-state index is -0.340. The SMILES string of the molecule is O=C(Nc1ccc(F)cc1)N1CCN(c2nc(NCC3CCCO3)c3ncn(Cc4ccccc4)c3n2)CC1. The third kappa shape index (κ3) is 5.78. The Morgan fingerprint density at radius 2 is 1.82 bits per heavy atom. The first kappa shape index (κ1) is 25.1. The van der Waals surface area contributed by atoms with Gasteiger partial charge in [0.1, 0.15) is 5.82 Å². The first-order valence-electron chi connectivity index (χ1n) is 13.3. The average molecular weight is 531 g/mol. The molecule has 2 N–H and O–H groups in total. The molecule has 6 rings (SSSR count). The number of aromatic nitrogens is 4. The van der Waals surface area contributed by atoms with Gasteiger partial charge in [-0.05, 0) is 42.7 Å². The van der Waals surface area contributed by atoms with Gasteiger partial charge in [0.15, 0.2) is 17.0 Å². The van der Waals surface area contributed by atoms with E-state index in [1.165, 1.54) is 12.1 Å². The molecular weight excluding hydrogens is 499 g/mol. The largest absolute Gasteiger partial charge is 0.376 e. The van der Waals surface area contributed by atoms with Crippen molar-refractivity contribution >= 4 is 34.6 Å². The second-order valence-electron chi connectivity index (χ2n) is 9.83. The molecule has 202 valence electrons. The normalized spacial score (nSPS) is 17.5. The third-order valence-corrected chi connectivity index (χ3v) is 7.11. The Balaban J connectivity index is 1.20. The summed E-state index contributed by atoms with van der Waals surface area (Å²) in [7, 11) is 0. The van der Waals surface area contributed by atoms with Crippen LogP contribution in [0.4, 0.5) is 26.6 Å². The molecule has 2 amide bonds. The summed E-state index contributed by atoms with van der Waals surface area (Å²) in [6.45, 7) is 4.29. The van der Waals surface area contributed by atoms with Crippen molar-refractivity contribution in [1.29, 1.82) is 0 Å². The van der Waals surface area contributed by atoms with E-state index < -0.39 is 0 Å². The van der Waals surface area contributed by atoms with E-state index in [-0.39, 0.29) is 18.0 Å². The van der Waals surface area contributed by atoms with Crippen LogP contribution in [-0.4, -0.2) is 75.9 Å². The van der Waals surface area contributed by atoms with E-state index in [2.05, 4.69) is 32.7 Å². The second kappa shape index (κ2) is 11.2. The number of urea groups is 1. The maximum absolute atomic E-state index is 13.2. The van der Waals surface area contributed by atoms with Gasteiger partial charge in [-0.3, -0.25) is 0 Å². The zero-order valence-electron chi connectivity index (χ0n) is 21.6. The second-order valence-corrected chi connectivity index (χ2v) is 9.83. The van der Waals surface area contributed by atoms with Gasteiger partial charge in [-0.1, -0.05) is 30.3 Å². The molecule has 2 aromatic heterocycles. The molecule has 4 heterocycles. The van der Waals surface area contributed by atoms with E-state index in [1.807, 2.05) is 29.1 Å². The van der Waals surface area contributed by atoms with Gasteiger partial charge in [0, 0.05) is 45.0 Å². The van der Waals surface area contributed by atoms with Crippen molar-refractivity contribution in [2.24, 2.45) is 0 Å². The quantitative estimate of drug-likeness (QED) is 0.373. The number of ether oxygens (including phenoxy) is 1. The predicted molar refractivity (Wildman–Crippen MR) is 148 cm³/mol. The highest BCUT2D eigenvalue weighted by Gasteiger charge is 2.25. The van der Waals surface area contributed by atoms with Crippen molar-refractivity contribution < 1.29 is 13.9 Å². The number of halogens is 1. The van der Waals surface area contributed by atoms with Crippen LogP contribution in [0.5, 0.6) is 0 Å². The average Bonchev–Trinajstić information content (AvgIpc) is 3.64. The highest BCUT2D eigenvalue weighted by Crippen LogP contribution is 2.25. The summed E-state index contributed by atoms with van der Waals surface area (Å²) >= 11 is 0. The highest BCUT2D eigenvalue weighted by atomic mass is 19.1. The fourth-order valence-electron chi connectivity index (χ4n) is 4.95. The van der Waals surface area contributed by atoms with Crippen LogP contribution in [0.15, 0.2) is 60.9 Å². The van der Waals surface area contributed by atoms with Crippen LogP contribution in [-0.2, 0) is 11.3 Å². The lowest BCUT2D eigenvalue weighted by Gasteiger charge is -2.34. The van der Waals surface area contributed by atoms with E-state index in [0.717, 1.165) is 36.2 Å². The van der Waals surface area contributed by atoms with Gasteiger partial charge in [-0.2, -0.15) is 9.97 Å². The Kier molecular flexibility index (Phi) is 7.22. The topological polar surface area (TPSA) is 100 Å². The summed E-state index contributed by atoms with van der Waals surface area (Å²) in [4.78, 5) is 31.1. The zero-order chi connectivity index (χ0) is 26.6. The standard InChI is InChI=1S/C28H31FN8O2/c29-21-8-10-22(11-9-21)32-28(38)36-14-12-35(13-15-36)27-33-25(30-17-23-7-4-16-39-23)24-26(34-27)37(19-31-24)18-20-5-2-1-3-6-20/h1-3,5-6,8-11,19,23H,4,7,12-18H2,(H,32,38)(H,30,33,34). The third-order valence-electron chi connectivity index (χ3n) is 7.11. The monoisotopic (exact) mass is 530 g/mol. The number of nitrogens with one attached hydrogen (secondary N) is 2. The van der Waals surface area contributed by atoms with Crippen molar-refractivity contribution in [3.63, 3.8) is 0 Å². The molecule has 0 aliphatic carbocycles. The molecule has 2 saturated heterocycles. The Hall–Kier alpha value is -4.25. The molecule has 1 atom stereocenters. The van der Waals surface area contributed by atoms with E-state index in [4.69, 9.17) is 14.7 Å². The molecule has 0 radical (unpaired) electrons. The fourth-order valence-corrected chi connectivity index (χ4v) is 4.95. The van der Waals surface area contributed by atoms with Crippen LogP contribution in [0.3, 0.4) is 0 Å². The van der Waals surface area contributed by atoms with Crippen LogP contribution < -0.4 is 15.5 Å². The van der Waals surface area contributed by atoms with Crippen molar-refractivity contribution in [3.05, 3.63) is 72.3 Å². The Bertz CT molecular complexity index is 1420. The lowest BCUT2D eigenvalue weighted by atomic mass is 10.2. The zero-order valence-corrected chi connectivity index (χ0v) is 21.6. The van der Waals surface area contributed by atoms with Gasteiger partial charge in [-0.15, -0.1) is 0 Å². The van der Waals surface area contributed by atoms with Crippen molar-refractivity contribution in [2.45, 2.75) is 25.5 Å². The molecule has 39 heavy (non-hydrogen) atoms. The number of carbonyl (C=O) groups is 1. The van der Waals surface area contributed by atoms with Gasteiger partial charge >= 0.3 is 6.03 Å². The van der Waals surface area contributed by atoms with Crippen LogP contribution in [0.25, 0.3) is 11.2 Å². The summed E-state index contributed by atoms with van der Waals surface area (Å²) < 4.78 is 21.0. The lowest BCUT2D eigenvalue weighted by molar-refractivity contribution is 0.120. The highest BCUT2D eigenvalue weighted by molar-refractivity contribution is 5.89. The van der Waals surface area contributed by atoms with Crippen LogP contribution in [0, 0.1) is 5.82 Å². The lowest BCUT2D eigenvalue weighted by Crippen LogP contribution is -2.50. The van der Waals surface area contributed by atoms with E-state index in [1.54, 1.807) is 17.0 Å². The van der Waals surface area contributed by atoms with Crippen LogP contribution in [0.1, 0.15) is 18.4 Å². The first-order chi connectivity index (χ1) is 19.1. The number of hydrogen-bond donors (Lipinski definition) is 2. The van der Waals surface area contributed by atoms with Gasteiger partial charge in [0.05, 0.1) is 19.0 Å². The maximum Gasteiger partial charge on any atom is 0.321 e. The Morgan fingerprint density at radius 3 is 2.56 bits per heavy atom. The molecule has 2 fully saturated rings. The Labute approximate surface area is 225 Å². The fraction of sp³-hybridized carbons (Fsp3) is 0.357. The molecule has 10 nitrogen and oxygen atoms in total. The van der Waals surface area contributed by atoms with Crippen LogP contribution in [0.2, 0.25) is 0 Å². The number of carbonyl (C=O) groups excluding carboxylic acids is 1. The number of piperazine rings is 1. The number of imidazole rings is 1. The molecule has 1 unspecified atom stereocenters. The molecule has 11 heteroatoms.